The molecule has 0 saturated heterocycles. The van der Waals surface area contributed by atoms with Gasteiger partial charge in [-0.1, -0.05) is 26.0 Å². The van der Waals surface area contributed by atoms with E-state index in [2.05, 4.69) is 37.4 Å². The Balaban J connectivity index is 2.20. The molecule has 2 heteroatoms. The van der Waals surface area contributed by atoms with Gasteiger partial charge in [-0.15, -0.1) is 0 Å². The van der Waals surface area contributed by atoms with Gasteiger partial charge < -0.3 is 10.1 Å². The Morgan fingerprint density at radius 3 is 2.94 bits per heavy atom. The SMILES string of the molecule is CCCN[C@@H]1CCc2c(OC)cccc2[C@H]1C. The Hall–Kier alpha value is -1.02. The lowest BCUT2D eigenvalue weighted by Crippen LogP contribution is -2.37. The van der Waals surface area contributed by atoms with Crippen molar-refractivity contribution in [2.45, 2.75) is 45.1 Å². The second kappa shape index (κ2) is 5.54. The molecule has 94 valence electrons. The van der Waals surface area contributed by atoms with Gasteiger partial charge in [0.25, 0.3) is 0 Å². The predicted octanol–water partition coefficient (Wildman–Crippen LogP) is 3.11. The minimum Gasteiger partial charge on any atom is -0.496 e. The van der Waals surface area contributed by atoms with E-state index >= 15 is 0 Å². The number of benzene rings is 1. The third-order valence-corrected chi connectivity index (χ3v) is 3.85. The molecule has 1 aromatic carbocycles. The monoisotopic (exact) mass is 233 g/mol. The summed E-state index contributed by atoms with van der Waals surface area (Å²) in [7, 11) is 1.77. The summed E-state index contributed by atoms with van der Waals surface area (Å²) in [6.07, 6.45) is 3.55. The molecule has 0 aromatic heterocycles. The number of ether oxygens (including phenoxy) is 1. The molecular weight excluding hydrogens is 210 g/mol. The van der Waals surface area contributed by atoms with E-state index in [0.717, 1.165) is 18.7 Å². The van der Waals surface area contributed by atoms with Crippen molar-refractivity contribution in [3.05, 3.63) is 29.3 Å². The predicted molar refractivity (Wildman–Crippen MR) is 71.8 cm³/mol. The quantitative estimate of drug-likeness (QED) is 0.862. The van der Waals surface area contributed by atoms with Gasteiger partial charge >= 0.3 is 0 Å². The van der Waals surface area contributed by atoms with Crippen LogP contribution in [0, 0.1) is 0 Å². The van der Waals surface area contributed by atoms with Gasteiger partial charge in [-0.2, -0.15) is 0 Å². The Labute approximate surface area is 104 Å². The standard InChI is InChI=1S/C15H23NO/c1-4-10-16-14-9-8-13-12(11(14)2)6-5-7-15(13)17-3/h5-7,11,14,16H,4,8-10H2,1-3H3/t11-,14-/m1/s1. The first-order valence-corrected chi connectivity index (χ1v) is 6.67. The first-order valence-electron chi connectivity index (χ1n) is 6.67. The Morgan fingerprint density at radius 2 is 2.24 bits per heavy atom. The number of rotatable bonds is 4. The minimum absolute atomic E-state index is 0.584. The van der Waals surface area contributed by atoms with Gasteiger partial charge in [0.1, 0.15) is 5.75 Å². The van der Waals surface area contributed by atoms with Gasteiger partial charge in [0.15, 0.2) is 0 Å². The maximum atomic E-state index is 5.46. The smallest absolute Gasteiger partial charge is 0.122 e. The zero-order valence-corrected chi connectivity index (χ0v) is 11.1. The molecular formula is C15H23NO. The zero-order valence-electron chi connectivity index (χ0n) is 11.1. The van der Waals surface area contributed by atoms with Crippen molar-refractivity contribution in [3.63, 3.8) is 0 Å². The second-order valence-corrected chi connectivity index (χ2v) is 4.92. The molecule has 2 atom stereocenters. The number of nitrogens with one attached hydrogen (secondary N) is 1. The summed E-state index contributed by atoms with van der Waals surface area (Å²) in [4.78, 5) is 0. The molecule has 0 spiro atoms. The van der Waals surface area contributed by atoms with Crippen molar-refractivity contribution in [1.29, 1.82) is 0 Å². The third-order valence-electron chi connectivity index (χ3n) is 3.85. The average molecular weight is 233 g/mol. The van der Waals surface area contributed by atoms with Crippen LogP contribution in [0.25, 0.3) is 0 Å². The maximum Gasteiger partial charge on any atom is 0.122 e. The summed E-state index contributed by atoms with van der Waals surface area (Å²) >= 11 is 0. The van der Waals surface area contributed by atoms with Crippen LogP contribution in [0.5, 0.6) is 5.75 Å². The van der Waals surface area contributed by atoms with Gasteiger partial charge in [0.05, 0.1) is 7.11 Å². The fourth-order valence-electron chi connectivity index (χ4n) is 2.84. The highest BCUT2D eigenvalue weighted by molar-refractivity contribution is 5.44. The average Bonchev–Trinajstić information content (AvgIpc) is 2.37. The first kappa shape index (κ1) is 12.4. The lowest BCUT2D eigenvalue weighted by atomic mass is 9.80. The molecule has 1 aliphatic rings. The molecule has 1 N–H and O–H groups in total. The third kappa shape index (κ3) is 2.47. The van der Waals surface area contributed by atoms with E-state index < -0.39 is 0 Å². The molecule has 0 saturated carbocycles. The molecule has 0 unspecified atom stereocenters. The summed E-state index contributed by atoms with van der Waals surface area (Å²) in [5, 5.41) is 3.66. The van der Waals surface area contributed by atoms with Crippen LogP contribution < -0.4 is 10.1 Å². The summed E-state index contributed by atoms with van der Waals surface area (Å²) < 4.78 is 5.46. The van der Waals surface area contributed by atoms with Crippen molar-refractivity contribution >= 4 is 0 Å². The van der Waals surface area contributed by atoms with Crippen LogP contribution in [0.4, 0.5) is 0 Å². The maximum absolute atomic E-state index is 5.46. The molecule has 0 radical (unpaired) electrons. The molecule has 17 heavy (non-hydrogen) atoms. The highest BCUT2D eigenvalue weighted by Gasteiger charge is 2.27. The van der Waals surface area contributed by atoms with Crippen molar-refractivity contribution < 1.29 is 4.74 Å². The fraction of sp³-hybridized carbons (Fsp3) is 0.600. The van der Waals surface area contributed by atoms with E-state index in [9.17, 15) is 0 Å². The van der Waals surface area contributed by atoms with Crippen molar-refractivity contribution in [3.8, 4) is 5.75 Å². The van der Waals surface area contributed by atoms with Crippen LogP contribution in [-0.2, 0) is 6.42 Å². The number of hydrogen-bond donors (Lipinski definition) is 1. The highest BCUT2D eigenvalue weighted by Crippen LogP contribution is 2.36. The topological polar surface area (TPSA) is 21.3 Å². The van der Waals surface area contributed by atoms with Crippen LogP contribution in [0.15, 0.2) is 18.2 Å². The van der Waals surface area contributed by atoms with E-state index in [1.807, 2.05) is 0 Å². The van der Waals surface area contributed by atoms with E-state index in [1.54, 1.807) is 7.11 Å². The van der Waals surface area contributed by atoms with E-state index in [1.165, 1.54) is 24.0 Å². The second-order valence-electron chi connectivity index (χ2n) is 4.92. The van der Waals surface area contributed by atoms with Crippen LogP contribution in [0.1, 0.15) is 43.7 Å². The summed E-state index contributed by atoms with van der Waals surface area (Å²) in [6.45, 7) is 5.66. The van der Waals surface area contributed by atoms with Crippen LogP contribution >= 0.6 is 0 Å². The minimum atomic E-state index is 0.584. The van der Waals surface area contributed by atoms with Crippen molar-refractivity contribution in [1.82, 2.24) is 5.32 Å². The lowest BCUT2D eigenvalue weighted by Gasteiger charge is -2.32. The van der Waals surface area contributed by atoms with E-state index in [4.69, 9.17) is 4.74 Å². The zero-order chi connectivity index (χ0) is 12.3. The van der Waals surface area contributed by atoms with Crippen molar-refractivity contribution in [2.75, 3.05) is 13.7 Å². The fourth-order valence-corrected chi connectivity index (χ4v) is 2.84. The van der Waals surface area contributed by atoms with Gasteiger partial charge in [-0.05, 0) is 48.9 Å². The Morgan fingerprint density at radius 1 is 1.41 bits per heavy atom. The summed E-state index contributed by atoms with van der Waals surface area (Å²) in [5.74, 6) is 1.64. The number of methoxy groups -OCH3 is 1. The molecule has 0 fully saturated rings. The van der Waals surface area contributed by atoms with Crippen LogP contribution in [0.2, 0.25) is 0 Å². The number of fused-ring (bicyclic) bond motifs is 1. The molecule has 1 aromatic rings. The lowest BCUT2D eigenvalue weighted by molar-refractivity contribution is 0.378. The molecule has 1 aliphatic carbocycles. The first-order chi connectivity index (χ1) is 8.27. The normalized spacial score (nSPS) is 23.2. The van der Waals surface area contributed by atoms with Gasteiger partial charge in [0.2, 0.25) is 0 Å². The molecule has 2 rings (SSSR count). The Kier molecular flexibility index (Phi) is 4.06. The molecule has 0 amide bonds. The van der Waals surface area contributed by atoms with Crippen LogP contribution in [0.3, 0.4) is 0 Å². The molecule has 0 heterocycles. The highest BCUT2D eigenvalue weighted by atomic mass is 16.5. The summed E-state index contributed by atoms with van der Waals surface area (Å²) in [5.41, 5.74) is 2.88. The largest absolute Gasteiger partial charge is 0.496 e. The molecule has 0 bridgehead atoms. The van der Waals surface area contributed by atoms with Crippen LogP contribution in [-0.4, -0.2) is 19.7 Å². The van der Waals surface area contributed by atoms with E-state index in [-0.39, 0.29) is 0 Å². The van der Waals surface area contributed by atoms with Gasteiger partial charge in [0, 0.05) is 6.04 Å². The molecule has 2 nitrogen and oxygen atoms in total. The molecule has 0 aliphatic heterocycles. The van der Waals surface area contributed by atoms with Gasteiger partial charge in [-0.25, -0.2) is 0 Å². The number of hydrogen-bond acceptors (Lipinski definition) is 2. The summed E-state index contributed by atoms with van der Waals surface area (Å²) in [6, 6.07) is 7.05. The van der Waals surface area contributed by atoms with E-state index in [0.29, 0.717) is 12.0 Å². The van der Waals surface area contributed by atoms with Crippen molar-refractivity contribution in [2.24, 2.45) is 0 Å². The Bertz CT molecular complexity index is 375. The van der Waals surface area contributed by atoms with Gasteiger partial charge in [-0.3, -0.25) is 0 Å².